The Labute approximate surface area is 109 Å². The molecule has 4 heteroatoms. The van der Waals surface area contributed by atoms with Crippen molar-refractivity contribution >= 4 is 21.8 Å². The first-order chi connectivity index (χ1) is 8.24. The topological polar surface area (TPSA) is 33.5 Å². The van der Waals surface area contributed by atoms with Crippen LogP contribution >= 0.6 is 15.9 Å². The second kappa shape index (κ2) is 4.48. The van der Waals surface area contributed by atoms with Crippen molar-refractivity contribution in [3.63, 3.8) is 0 Å². The fourth-order valence-electron chi connectivity index (χ4n) is 2.08. The Morgan fingerprint density at radius 3 is 2.29 bits per heavy atom. The molecule has 2 aliphatic rings. The van der Waals surface area contributed by atoms with E-state index in [-0.39, 0.29) is 5.91 Å². The number of halogens is 1. The van der Waals surface area contributed by atoms with E-state index >= 15 is 0 Å². The highest BCUT2D eigenvalue weighted by Crippen LogP contribution is 2.34. The summed E-state index contributed by atoms with van der Waals surface area (Å²) in [5, 5.41) is 0. The molecule has 0 bridgehead atoms. The number of furan rings is 1. The van der Waals surface area contributed by atoms with Gasteiger partial charge in [-0.1, -0.05) is 0 Å². The van der Waals surface area contributed by atoms with Crippen LogP contribution in [0.2, 0.25) is 0 Å². The van der Waals surface area contributed by atoms with Crippen molar-refractivity contribution in [2.24, 2.45) is 11.8 Å². The molecule has 1 aromatic rings. The van der Waals surface area contributed by atoms with Gasteiger partial charge in [0.05, 0.1) is 11.8 Å². The van der Waals surface area contributed by atoms with Crippen LogP contribution in [0.25, 0.3) is 0 Å². The fourth-order valence-corrected chi connectivity index (χ4v) is 2.49. The maximum Gasteiger partial charge on any atom is 0.258 e. The molecule has 3 nitrogen and oxygen atoms in total. The average Bonchev–Trinajstić information content (AvgIpc) is 3.21. The minimum Gasteiger partial charge on any atom is -0.457 e. The van der Waals surface area contributed by atoms with Gasteiger partial charge < -0.3 is 9.32 Å². The Kier molecular flexibility index (Phi) is 2.99. The van der Waals surface area contributed by atoms with E-state index in [0.717, 1.165) is 24.9 Å². The van der Waals surface area contributed by atoms with E-state index in [1.807, 2.05) is 4.90 Å². The molecule has 1 heterocycles. The predicted molar refractivity (Wildman–Crippen MR) is 67.8 cm³/mol. The quantitative estimate of drug-likeness (QED) is 0.835. The van der Waals surface area contributed by atoms with Gasteiger partial charge in [-0.15, -0.1) is 0 Å². The normalized spacial score (nSPS) is 19.4. The zero-order valence-electron chi connectivity index (χ0n) is 9.69. The number of amides is 1. The number of nitrogens with zero attached hydrogens (tertiary/aromatic N) is 1. The average molecular weight is 298 g/mol. The Hall–Kier alpha value is -0.770. The number of carbonyl (C=O) groups is 1. The summed E-state index contributed by atoms with van der Waals surface area (Å²) >= 11 is 3.28. The number of carbonyl (C=O) groups excluding carboxylic acids is 1. The lowest BCUT2D eigenvalue weighted by atomic mass is 10.2. The first-order valence-electron chi connectivity index (χ1n) is 6.26. The molecule has 0 aliphatic heterocycles. The van der Waals surface area contributed by atoms with Gasteiger partial charge in [-0.25, -0.2) is 0 Å². The molecule has 2 aliphatic carbocycles. The summed E-state index contributed by atoms with van der Waals surface area (Å²) < 4.78 is 5.70. The van der Waals surface area contributed by atoms with E-state index in [0.29, 0.717) is 10.2 Å². The van der Waals surface area contributed by atoms with Crippen molar-refractivity contribution in [1.82, 2.24) is 4.90 Å². The smallest absolute Gasteiger partial charge is 0.258 e. The number of rotatable bonds is 5. The molecule has 0 atom stereocenters. The SMILES string of the molecule is O=C(c1ccoc1Br)N(CC1CC1)CC1CC1. The molecule has 1 amide bonds. The van der Waals surface area contributed by atoms with Gasteiger partial charge in [0.2, 0.25) is 0 Å². The van der Waals surface area contributed by atoms with Crippen molar-refractivity contribution in [2.75, 3.05) is 13.1 Å². The first kappa shape index (κ1) is 11.3. The van der Waals surface area contributed by atoms with Crippen LogP contribution in [0.4, 0.5) is 0 Å². The maximum absolute atomic E-state index is 12.4. The van der Waals surface area contributed by atoms with Crippen molar-refractivity contribution in [3.8, 4) is 0 Å². The van der Waals surface area contributed by atoms with Crippen molar-refractivity contribution in [1.29, 1.82) is 0 Å². The maximum atomic E-state index is 12.4. The van der Waals surface area contributed by atoms with Crippen molar-refractivity contribution in [2.45, 2.75) is 25.7 Å². The lowest BCUT2D eigenvalue weighted by molar-refractivity contribution is 0.0737. The third kappa shape index (κ3) is 2.73. The molecule has 0 N–H and O–H groups in total. The lowest BCUT2D eigenvalue weighted by Crippen LogP contribution is -2.34. The van der Waals surface area contributed by atoms with Crippen molar-refractivity contribution in [3.05, 3.63) is 22.6 Å². The molecule has 2 saturated carbocycles. The van der Waals surface area contributed by atoms with E-state index in [1.165, 1.54) is 25.7 Å². The Morgan fingerprint density at radius 2 is 1.88 bits per heavy atom. The highest BCUT2D eigenvalue weighted by Gasteiger charge is 2.32. The third-order valence-electron chi connectivity index (χ3n) is 3.49. The second-order valence-corrected chi connectivity index (χ2v) is 5.93. The van der Waals surface area contributed by atoms with E-state index in [2.05, 4.69) is 15.9 Å². The molecule has 2 fully saturated rings. The zero-order valence-corrected chi connectivity index (χ0v) is 11.3. The van der Waals surface area contributed by atoms with Crippen LogP contribution in [0, 0.1) is 11.8 Å². The molecule has 1 aromatic heterocycles. The summed E-state index contributed by atoms with van der Waals surface area (Å²) in [4.78, 5) is 14.4. The molecule has 3 rings (SSSR count). The molecular weight excluding hydrogens is 282 g/mol. The zero-order chi connectivity index (χ0) is 11.8. The van der Waals surface area contributed by atoms with Crippen LogP contribution in [0.3, 0.4) is 0 Å². The van der Waals surface area contributed by atoms with Gasteiger partial charge in [0.15, 0.2) is 4.67 Å². The molecule has 0 radical (unpaired) electrons. The van der Waals surface area contributed by atoms with Gasteiger partial charge in [-0.05, 0) is 59.5 Å². The van der Waals surface area contributed by atoms with Gasteiger partial charge in [0.25, 0.3) is 5.91 Å². The summed E-state index contributed by atoms with van der Waals surface area (Å²) in [7, 11) is 0. The molecule has 0 unspecified atom stereocenters. The van der Waals surface area contributed by atoms with E-state index < -0.39 is 0 Å². The molecule has 0 saturated heterocycles. The molecule has 92 valence electrons. The lowest BCUT2D eigenvalue weighted by Gasteiger charge is -2.22. The van der Waals surface area contributed by atoms with Crippen LogP contribution < -0.4 is 0 Å². The monoisotopic (exact) mass is 297 g/mol. The van der Waals surface area contributed by atoms with Gasteiger partial charge in [0.1, 0.15) is 0 Å². The molecule has 0 aromatic carbocycles. The minimum absolute atomic E-state index is 0.115. The van der Waals surface area contributed by atoms with Crippen LogP contribution in [-0.2, 0) is 0 Å². The number of hydrogen-bond donors (Lipinski definition) is 0. The van der Waals surface area contributed by atoms with Gasteiger partial charge in [-0.2, -0.15) is 0 Å². The van der Waals surface area contributed by atoms with Gasteiger partial charge in [-0.3, -0.25) is 4.79 Å². The van der Waals surface area contributed by atoms with Gasteiger partial charge >= 0.3 is 0 Å². The molecule has 17 heavy (non-hydrogen) atoms. The summed E-state index contributed by atoms with van der Waals surface area (Å²) in [5.74, 6) is 1.59. The predicted octanol–water partition coefficient (Wildman–Crippen LogP) is 3.30. The largest absolute Gasteiger partial charge is 0.457 e. The first-order valence-corrected chi connectivity index (χ1v) is 7.05. The van der Waals surface area contributed by atoms with E-state index in [4.69, 9.17) is 4.42 Å². The number of hydrogen-bond acceptors (Lipinski definition) is 2. The summed E-state index contributed by atoms with van der Waals surface area (Å²) in [5.41, 5.74) is 0.659. The van der Waals surface area contributed by atoms with E-state index in [9.17, 15) is 4.79 Å². The van der Waals surface area contributed by atoms with E-state index in [1.54, 1.807) is 12.3 Å². The van der Waals surface area contributed by atoms with Crippen molar-refractivity contribution < 1.29 is 9.21 Å². The van der Waals surface area contributed by atoms with Crippen LogP contribution in [0.1, 0.15) is 36.0 Å². The highest BCUT2D eigenvalue weighted by atomic mass is 79.9. The highest BCUT2D eigenvalue weighted by molar-refractivity contribution is 9.10. The molecular formula is C13H16BrNO2. The minimum atomic E-state index is 0.115. The van der Waals surface area contributed by atoms with Crippen LogP contribution in [-0.4, -0.2) is 23.9 Å². The Morgan fingerprint density at radius 1 is 1.29 bits per heavy atom. The van der Waals surface area contributed by atoms with Crippen LogP contribution in [0.5, 0.6) is 0 Å². The molecule has 0 spiro atoms. The standard InChI is InChI=1S/C13H16BrNO2/c14-12-11(5-6-17-12)13(16)15(7-9-1-2-9)8-10-3-4-10/h5-6,9-10H,1-4,7-8H2. The summed E-state index contributed by atoms with van der Waals surface area (Å²) in [6, 6.07) is 1.75. The summed E-state index contributed by atoms with van der Waals surface area (Å²) in [6.45, 7) is 1.85. The van der Waals surface area contributed by atoms with Gasteiger partial charge in [0, 0.05) is 13.1 Å². The Balaban J connectivity index is 1.71. The third-order valence-corrected chi connectivity index (χ3v) is 4.10. The summed E-state index contributed by atoms with van der Waals surface area (Å²) in [6.07, 6.45) is 6.67. The Bertz CT molecular complexity index is 407. The second-order valence-electron chi connectivity index (χ2n) is 5.20. The van der Waals surface area contributed by atoms with Crippen LogP contribution in [0.15, 0.2) is 21.4 Å². The fraction of sp³-hybridized carbons (Fsp3) is 0.615.